The summed E-state index contributed by atoms with van der Waals surface area (Å²) >= 11 is 0. The number of hydrogen-bond donors (Lipinski definition) is 2. The van der Waals surface area contributed by atoms with Crippen LogP contribution in [0.3, 0.4) is 0 Å². The average Bonchev–Trinajstić information content (AvgIpc) is 2.95. The standard InChI is InChI=1S/C20H37N5O2/c1-5-21-20(22-13-10-8-7-9-12-19(26)27-6-2)23-14-11-15-25-18(4)16-17(3)24-25/h16H,5-15H2,1-4H3,(H2,21,22,23). The molecule has 1 heterocycles. The Labute approximate surface area is 164 Å². The number of aromatic nitrogens is 2. The van der Waals surface area contributed by atoms with Gasteiger partial charge in [0.05, 0.1) is 12.3 Å². The van der Waals surface area contributed by atoms with E-state index in [4.69, 9.17) is 4.74 Å². The fourth-order valence-corrected chi connectivity index (χ4v) is 2.84. The van der Waals surface area contributed by atoms with Crippen LogP contribution in [0.1, 0.15) is 63.8 Å². The van der Waals surface area contributed by atoms with Gasteiger partial charge in [-0.05, 0) is 53.0 Å². The van der Waals surface area contributed by atoms with Gasteiger partial charge in [-0.15, -0.1) is 0 Å². The van der Waals surface area contributed by atoms with Crippen molar-refractivity contribution in [1.82, 2.24) is 20.4 Å². The van der Waals surface area contributed by atoms with E-state index in [0.29, 0.717) is 13.0 Å². The van der Waals surface area contributed by atoms with Crippen molar-refractivity contribution < 1.29 is 9.53 Å². The first-order valence-electron chi connectivity index (χ1n) is 10.3. The number of hydrogen-bond acceptors (Lipinski definition) is 4. The summed E-state index contributed by atoms with van der Waals surface area (Å²) in [7, 11) is 0. The molecule has 0 bridgehead atoms. The molecule has 0 atom stereocenters. The van der Waals surface area contributed by atoms with Crippen LogP contribution in [0, 0.1) is 13.8 Å². The van der Waals surface area contributed by atoms with Gasteiger partial charge in [-0.25, -0.2) is 0 Å². The fourth-order valence-electron chi connectivity index (χ4n) is 2.84. The second-order valence-electron chi connectivity index (χ2n) is 6.66. The van der Waals surface area contributed by atoms with Crippen LogP contribution in [0.2, 0.25) is 0 Å². The van der Waals surface area contributed by atoms with Gasteiger partial charge in [0.15, 0.2) is 5.96 Å². The molecule has 0 aliphatic heterocycles. The lowest BCUT2D eigenvalue weighted by atomic mass is 10.1. The Morgan fingerprint density at radius 3 is 2.59 bits per heavy atom. The highest BCUT2D eigenvalue weighted by atomic mass is 16.5. The van der Waals surface area contributed by atoms with Crippen molar-refractivity contribution in [3.63, 3.8) is 0 Å². The summed E-state index contributed by atoms with van der Waals surface area (Å²) in [5, 5.41) is 11.1. The third-order valence-corrected chi connectivity index (χ3v) is 4.15. The van der Waals surface area contributed by atoms with Crippen LogP contribution in [0.4, 0.5) is 0 Å². The highest BCUT2D eigenvalue weighted by molar-refractivity contribution is 5.79. The maximum atomic E-state index is 11.3. The minimum absolute atomic E-state index is 0.0855. The predicted octanol–water partition coefficient (Wildman–Crippen LogP) is 2.96. The summed E-state index contributed by atoms with van der Waals surface area (Å²) in [4.78, 5) is 15.9. The SMILES string of the molecule is CCNC(=NCCCn1nc(C)cc1C)NCCCCCCC(=O)OCC. The smallest absolute Gasteiger partial charge is 0.305 e. The number of guanidine groups is 1. The van der Waals surface area contributed by atoms with Gasteiger partial charge in [-0.3, -0.25) is 14.5 Å². The van der Waals surface area contributed by atoms with Crippen LogP contribution in [-0.4, -0.2) is 48.0 Å². The zero-order chi connectivity index (χ0) is 19.9. The molecule has 0 aromatic carbocycles. The number of esters is 1. The predicted molar refractivity (Wildman–Crippen MR) is 110 cm³/mol. The first kappa shape index (κ1) is 23.0. The van der Waals surface area contributed by atoms with Gasteiger partial charge in [-0.1, -0.05) is 12.8 Å². The molecule has 0 aliphatic rings. The van der Waals surface area contributed by atoms with E-state index in [2.05, 4.69) is 40.6 Å². The van der Waals surface area contributed by atoms with Crippen LogP contribution in [0.15, 0.2) is 11.1 Å². The third kappa shape index (κ3) is 10.6. The Balaban J connectivity index is 2.16. The van der Waals surface area contributed by atoms with Crippen LogP contribution in [0.25, 0.3) is 0 Å². The highest BCUT2D eigenvalue weighted by Gasteiger charge is 2.02. The number of nitrogens with one attached hydrogen (secondary N) is 2. The van der Waals surface area contributed by atoms with Crippen molar-refractivity contribution in [2.45, 2.75) is 72.8 Å². The molecule has 2 N–H and O–H groups in total. The number of carbonyl (C=O) groups is 1. The Morgan fingerprint density at radius 2 is 1.93 bits per heavy atom. The summed E-state index contributed by atoms with van der Waals surface area (Å²) in [5.74, 6) is 0.787. The molecular weight excluding hydrogens is 342 g/mol. The molecule has 0 unspecified atom stereocenters. The van der Waals surface area contributed by atoms with Gasteiger partial charge in [0.25, 0.3) is 0 Å². The summed E-state index contributed by atoms with van der Waals surface area (Å²) in [6.45, 7) is 11.9. The van der Waals surface area contributed by atoms with Gasteiger partial charge < -0.3 is 15.4 Å². The van der Waals surface area contributed by atoms with E-state index in [1.165, 1.54) is 5.69 Å². The lowest BCUT2D eigenvalue weighted by Crippen LogP contribution is -2.37. The molecule has 154 valence electrons. The van der Waals surface area contributed by atoms with E-state index in [-0.39, 0.29) is 5.97 Å². The molecule has 0 saturated heterocycles. The summed E-state index contributed by atoms with van der Waals surface area (Å²) < 4.78 is 6.97. The molecule has 0 radical (unpaired) electrons. The molecule has 7 heteroatoms. The van der Waals surface area contributed by atoms with E-state index < -0.39 is 0 Å². The molecule has 0 fully saturated rings. The van der Waals surface area contributed by atoms with Crippen LogP contribution >= 0.6 is 0 Å². The van der Waals surface area contributed by atoms with Crippen LogP contribution < -0.4 is 10.6 Å². The number of aryl methyl sites for hydroxylation is 3. The van der Waals surface area contributed by atoms with E-state index in [1.54, 1.807) is 0 Å². The molecule has 27 heavy (non-hydrogen) atoms. The molecule has 1 aromatic rings. The first-order chi connectivity index (χ1) is 13.1. The zero-order valence-electron chi connectivity index (χ0n) is 17.5. The average molecular weight is 380 g/mol. The van der Waals surface area contributed by atoms with Gasteiger partial charge in [0.2, 0.25) is 0 Å². The lowest BCUT2D eigenvalue weighted by molar-refractivity contribution is -0.143. The lowest BCUT2D eigenvalue weighted by Gasteiger charge is -2.11. The zero-order valence-corrected chi connectivity index (χ0v) is 17.5. The van der Waals surface area contributed by atoms with Crippen molar-refractivity contribution in [2.75, 3.05) is 26.2 Å². The Kier molecular flexibility index (Phi) is 12.0. The maximum absolute atomic E-state index is 11.3. The molecular formula is C20H37N5O2. The molecule has 1 rings (SSSR count). The second kappa shape index (κ2) is 14.1. The summed E-state index contributed by atoms with van der Waals surface area (Å²) in [6.07, 6.45) is 5.62. The molecule has 0 amide bonds. The van der Waals surface area contributed by atoms with Crippen molar-refractivity contribution in [3.8, 4) is 0 Å². The number of ether oxygens (including phenoxy) is 1. The minimum Gasteiger partial charge on any atom is -0.466 e. The van der Waals surface area contributed by atoms with Crippen molar-refractivity contribution in [2.24, 2.45) is 4.99 Å². The second-order valence-corrected chi connectivity index (χ2v) is 6.66. The number of nitrogens with zero attached hydrogens (tertiary/aromatic N) is 3. The van der Waals surface area contributed by atoms with Crippen molar-refractivity contribution >= 4 is 11.9 Å². The number of carbonyl (C=O) groups excluding carboxylic acids is 1. The molecule has 1 aromatic heterocycles. The van der Waals surface area contributed by atoms with Gasteiger partial charge in [0.1, 0.15) is 0 Å². The molecule has 0 saturated carbocycles. The molecule has 7 nitrogen and oxygen atoms in total. The van der Waals surface area contributed by atoms with E-state index in [1.807, 2.05) is 18.5 Å². The van der Waals surface area contributed by atoms with Crippen LogP contribution in [0.5, 0.6) is 0 Å². The number of rotatable bonds is 13. The number of aliphatic imine (C=N–C) groups is 1. The Morgan fingerprint density at radius 1 is 1.15 bits per heavy atom. The topological polar surface area (TPSA) is 80.5 Å². The molecule has 0 spiro atoms. The monoisotopic (exact) mass is 379 g/mol. The number of unbranched alkanes of at least 4 members (excludes halogenated alkanes) is 3. The minimum atomic E-state index is -0.0855. The summed E-state index contributed by atoms with van der Waals surface area (Å²) in [6, 6.07) is 2.10. The molecule has 0 aliphatic carbocycles. The Hall–Kier alpha value is -2.05. The maximum Gasteiger partial charge on any atom is 0.305 e. The van der Waals surface area contributed by atoms with Crippen LogP contribution in [-0.2, 0) is 16.1 Å². The normalized spacial score (nSPS) is 11.5. The quantitative estimate of drug-likeness (QED) is 0.238. The van der Waals surface area contributed by atoms with Crippen molar-refractivity contribution in [1.29, 1.82) is 0 Å². The van der Waals surface area contributed by atoms with E-state index in [9.17, 15) is 4.79 Å². The summed E-state index contributed by atoms with van der Waals surface area (Å²) in [5.41, 5.74) is 2.26. The fraction of sp³-hybridized carbons (Fsp3) is 0.750. The Bertz CT molecular complexity index is 569. The van der Waals surface area contributed by atoms with Gasteiger partial charge >= 0.3 is 5.97 Å². The van der Waals surface area contributed by atoms with E-state index >= 15 is 0 Å². The van der Waals surface area contributed by atoms with E-state index in [0.717, 1.165) is 69.9 Å². The van der Waals surface area contributed by atoms with Gasteiger partial charge in [-0.2, -0.15) is 5.10 Å². The highest BCUT2D eigenvalue weighted by Crippen LogP contribution is 2.04. The largest absolute Gasteiger partial charge is 0.466 e. The van der Waals surface area contributed by atoms with Crippen molar-refractivity contribution in [3.05, 3.63) is 17.5 Å². The first-order valence-corrected chi connectivity index (χ1v) is 10.3. The van der Waals surface area contributed by atoms with Gasteiger partial charge in [0, 0.05) is 38.3 Å². The third-order valence-electron chi connectivity index (χ3n) is 4.15.